The first-order chi connectivity index (χ1) is 6.95. The van der Waals surface area contributed by atoms with Crippen molar-refractivity contribution in [3.8, 4) is 5.75 Å². The Bertz CT molecular complexity index is 326. The number of hydrogen-bond acceptors (Lipinski definition) is 1. The van der Waals surface area contributed by atoms with Crippen molar-refractivity contribution < 1.29 is 4.74 Å². The van der Waals surface area contributed by atoms with Crippen LogP contribution in [0.5, 0.6) is 5.75 Å². The minimum atomic E-state index is 0.105. The molecule has 0 saturated carbocycles. The van der Waals surface area contributed by atoms with Gasteiger partial charge in [-0.25, -0.2) is 0 Å². The fourth-order valence-electron chi connectivity index (χ4n) is 1.50. The molecule has 0 aliphatic rings. The molecule has 0 aromatic heterocycles. The van der Waals surface area contributed by atoms with Gasteiger partial charge in [-0.2, -0.15) is 0 Å². The molecule has 0 atom stereocenters. The van der Waals surface area contributed by atoms with Crippen molar-refractivity contribution in [1.82, 2.24) is 0 Å². The average Bonchev–Trinajstić information content (AvgIpc) is 2.14. The Labute approximate surface area is 97.4 Å². The molecule has 0 aliphatic carbocycles. The van der Waals surface area contributed by atoms with Crippen LogP contribution in [0.3, 0.4) is 0 Å². The molecule has 0 spiro atoms. The van der Waals surface area contributed by atoms with Gasteiger partial charge in [-0.15, -0.1) is 11.6 Å². The van der Waals surface area contributed by atoms with E-state index in [0.29, 0.717) is 12.5 Å². The zero-order valence-corrected chi connectivity index (χ0v) is 10.7. The summed E-state index contributed by atoms with van der Waals surface area (Å²) in [5, 5.41) is 0. The van der Waals surface area contributed by atoms with Crippen molar-refractivity contribution in [3.05, 3.63) is 29.3 Å². The van der Waals surface area contributed by atoms with Gasteiger partial charge in [0.2, 0.25) is 0 Å². The fourth-order valence-corrected chi connectivity index (χ4v) is 1.58. The van der Waals surface area contributed by atoms with Crippen LogP contribution < -0.4 is 4.74 Å². The normalized spacial score (nSPS) is 11.5. The fraction of sp³-hybridized carbons (Fsp3) is 0.538. The van der Waals surface area contributed by atoms with Gasteiger partial charge in [-0.3, -0.25) is 0 Å². The van der Waals surface area contributed by atoms with Crippen LogP contribution in [0.25, 0.3) is 0 Å². The molecule has 0 saturated heterocycles. The minimum absolute atomic E-state index is 0.105. The Balaban J connectivity index is 3.04. The summed E-state index contributed by atoms with van der Waals surface area (Å²) < 4.78 is 5.64. The Hall–Kier alpha value is -0.690. The van der Waals surface area contributed by atoms with Crippen molar-refractivity contribution in [2.45, 2.75) is 33.1 Å². The number of aryl methyl sites for hydroxylation is 1. The van der Waals surface area contributed by atoms with Crippen LogP contribution in [0.15, 0.2) is 18.2 Å². The molecule has 0 radical (unpaired) electrons. The summed E-state index contributed by atoms with van der Waals surface area (Å²) in [6, 6.07) is 6.28. The van der Waals surface area contributed by atoms with Crippen LogP contribution in [0.1, 0.15) is 31.9 Å². The molecule has 0 unspecified atom stereocenters. The van der Waals surface area contributed by atoms with Crippen LogP contribution in [0, 0.1) is 6.92 Å². The summed E-state index contributed by atoms with van der Waals surface area (Å²) >= 11 is 5.62. The van der Waals surface area contributed by atoms with Gasteiger partial charge < -0.3 is 4.74 Å². The van der Waals surface area contributed by atoms with Crippen LogP contribution in [-0.2, 0) is 5.41 Å². The molecule has 1 aromatic rings. The second kappa shape index (κ2) is 4.89. The van der Waals surface area contributed by atoms with E-state index in [0.717, 1.165) is 5.75 Å². The third-order valence-corrected chi connectivity index (χ3v) is 2.43. The quantitative estimate of drug-likeness (QED) is 0.711. The highest BCUT2D eigenvalue weighted by Crippen LogP contribution is 2.32. The molecule has 84 valence electrons. The molecule has 0 bridgehead atoms. The van der Waals surface area contributed by atoms with Crippen LogP contribution >= 0.6 is 11.6 Å². The topological polar surface area (TPSA) is 9.23 Å². The Morgan fingerprint density at radius 2 is 1.93 bits per heavy atom. The van der Waals surface area contributed by atoms with Crippen molar-refractivity contribution in [3.63, 3.8) is 0 Å². The zero-order valence-electron chi connectivity index (χ0n) is 9.93. The van der Waals surface area contributed by atoms with E-state index < -0.39 is 0 Å². The maximum absolute atomic E-state index is 5.64. The lowest BCUT2D eigenvalue weighted by Gasteiger charge is -2.23. The molecule has 0 N–H and O–H groups in total. The smallest absolute Gasteiger partial charge is 0.123 e. The molecule has 1 aromatic carbocycles. The predicted molar refractivity (Wildman–Crippen MR) is 66.1 cm³/mol. The van der Waals surface area contributed by atoms with E-state index in [4.69, 9.17) is 16.3 Å². The number of alkyl halides is 1. The lowest BCUT2D eigenvalue weighted by atomic mass is 9.85. The van der Waals surface area contributed by atoms with Crippen molar-refractivity contribution in [2.24, 2.45) is 0 Å². The van der Waals surface area contributed by atoms with E-state index >= 15 is 0 Å². The van der Waals surface area contributed by atoms with Crippen LogP contribution in [0.2, 0.25) is 0 Å². The Kier molecular flexibility index (Phi) is 4.04. The van der Waals surface area contributed by atoms with E-state index in [1.165, 1.54) is 11.1 Å². The summed E-state index contributed by atoms with van der Waals surface area (Å²) in [5.41, 5.74) is 2.61. The minimum Gasteiger partial charge on any atom is -0.492 e. The number of ether oxygens (including phenoxy) is 1. The zero-order chi connectivity index (χ0) is 11.5. The highest BCUT2D eigenvalue weighted by Gasteiger charge is 2.18. The molecule has 0 aliphatic heterocycles. The monoisotopic (exact) mass is 226 g/mol. The maximum atomic E-state index is 5.64. The van der Waals surface area contributed by atoms with Gasteiger partial charge in [0, 0.05) is 0 Å². The molecule has 0 fully saturated rings. The van der Waals surface area contributed by atoms with Gasteiger partial charge in [0.15, 0.2) is 0 Å². The Morgan fingerprint density at radius 1 is 1.27 bits per heavy atom. The van der Waals surface area contributed by atoms with Gasteiger partial charge in [0.05, 0.1) is 5.88 Å². The number of benzene rings is 1. The molecule has 0 amide bonds. The second-order valence-electron chi connectivity index (χ2n) is 4.79. The van der Waals surface area contributed by atoms with E-state index in [9.17, 15) is 0 Å². The van der Waals surface area contributed by atoms with Gasteiger partial charge in [-0.1, -0.05) is 38.5 Å². The molecule has 15 heavy (non-hydrogen) atoms. The first-order valence-electron chi connectivity index (χ1n) is 5.25. The summed E-state index contributed by atoms with van der Waals surface area (Å²) in [6.07, 6.45) is 0. The average molecular weight is 227 g/mol. The second-order valence-corrected chi connectivity index (χ2v) is 5.17. The third kappa shape index (κ3) is 3.42. The lowest BCUT2D eigenvalue weighted by Crippen LogP contribution is -2.14. The van der Waals surface area contributed by atoms with Crippen molar-refractivity contribution in [1.29, 1.82) is 0 Å². The van der Waals surface area contributed by atoms with E-state index in [2.05, 4.69) is 39.8 Å². The molecule has 1 rings (SSSR count). The third-order valence-electron chi connectivity index (χ3n) is 2.28. The highest BCUT2D eigenvalue weighted by molar-refractivity contribution is 6.18. The van der Waals surface area contributed by atoms with E-state index in [1.807, 2.05) is 6.07 Å². The van der Waals surface area contributed by atoms with Crippen molar-refractivity contribution >= 4 is 11.6 Å². The first-order valence-corrected chi connectivity index (χ1v) is 5.78. The highest BCUT2D eigenvalue weighted by atomic mass is 35.5. The summed E-state index contributed by atoms with van der Waals surface area (Å²) in [4.78, 5) is 0. The summed E-state index contributed by atoms with van der Waals surface area (Å²) in [5.74, 6) is 1.48. The number of halogens is 1. The molecule has 0 heterocycles. The number of rotatable bonds is 3. The molecular weight excluding hydrogens is 208 g/mol. The van der Waals surface area contributed by atoms with Crippen LogP contribution in [-0.4, -0.2) is 12.5 Å². The molecule has 1 nitrogen and oxygen atoms in total. The van der Waals surface area contributed by atoms with Gasteiger partial charge in [0.25, 0.3) is 0 Å². The summed E-state index contributed by atoms with van der Waals surface area (Å²) in [6.45, 7) is 9.23. The van der Waals surface area contributed by atoms with E-state index in [-0.39, 0.29) is 5.41 Å². The Morgan fingerprint density at radius 3 is 2.47 bits per heavy atom. The van der Waals surface area contributed by atoms with Crippen LogP contribution in [0.4, 0.5) is 0 Å². The lowest BCUT2D eigenvalue weighted by molar-refractivity contribution is 0.332. The van der Waals surface area contributed by atoms with Crippen molar-refractivity contribution in [2.75, 3.05) is 12.5 Å². The predicted octanol–water partition coefficient (Wildman–Crippen LogP) is 3.91. The summed E-state index contributed by atoms with van der Waals surface area (Å²) in [7, 11) is 0. The standard InChI is InChI=1S/C13H19ClO/c1-10-5-6-12(15-8-7-14)11(9-10)13(2,3)4/h5-6,9H,7-8H2,1-4H3. The first kappa shape index (κ1) is 12.4. The van der Waals surface area contributed by atoms with Gasteiger partial charge in [0.1, 0.15) is 12.4 Å². The molecule has 2 heteroatoms. The SMILES string of the molecule is Cc1ccc(OCCCl)c(C(C)(C)C)c1. The maximum Gasteiger partial charge on any atom is 0.123 e. The van der Waals surface area contributed by atoms with Gasteiger partial charge in [-0.05, 0) is 24.0 Å². The molecular formula is C13H19ClO. The number of hydrogen-bond donors (Lipinski definition) is 0. The van der Waals surface area contributed by atoms with Gasteiger partial charge >= 0.3 is 0 Å². The largest absolute Gasteiger partial charge is 0.492 e. The van der Waals surface area contributed by atoms with E-state index in [1.54, 1.807) is 0 Å².